The van der Waals surface area contributed by atoms with E-state index in [-0.39, 0.29) is 0 Å². The van der Waals surface area contributed by atoms with Crippen molar-refractivity contribution in [3.63, 3.8) is 0 Å². The highest BCUT2D eigenvalue weighted by Gasteiger charge is 2.50. The van der Waals surface area contributed by atoms with Gasteiger partial charge in [-0.3, -0.25) is 0 Å². The van der Waals surface area contributed by atoms with E-state index in [1.165, 1.54) is 6.08 Å². The fourth-order valence-electron chi connectivity index (χ4n) is 0.648. The van der Waals surface area contributed by atoms with Crippen molar-refractivity contribution in [2.45, 2.75) is 36.7 Å². The van der Waals surface area contributed by atoms with Gasteiger partial charge < -0.3 is 0 Å². The molecule has 0 aromatic rings. The number of allylic oxidation sites excluding steroid dienone is 2. The maximum Gasteiger partial charge on any atom is 0.372 e. The van der Waals surface area contributed by atoms with Gasteiger partial charge in [-0.15, -0.1) is 0 Å². The van der Waals surface area contributed by atoms with Crippen LogP contribution >= 0.6 is 23.2 Å². The van der Waals surface area contributed by atoms with E-state index in [9.17, 15) is 13.2 Å². The number of rotatable bonds is 5. The monoisotopic (exact) mass is 234 g/mol. The summed E-state index contributed by atoms with van der Waals surface area (Å²) in [6.07, 6.45) is 4.09. The topological polar surface area (TPSA) is 0 Å². The van der Waals surface area contributed by atoms with E-state index >= 15 is 0 Å². The van der Waals surface area contributed by atoms with Crippen molar-refractivity contribution in [1.82, 2.24) is 0 Å². The zero-order chi connectivity index (χ0) is 10.5. The van der Waals surface area contributed by atoms with Crippen LogP contribution in [0.4, 0.5) is 13.2 Å². The van der Waals surface area contributed by atoms with Crippen molar-refractivity contribution in [1.29, 1.82) is 0 Å². The molecule has 0 radical (unpaired) electrons. The van der Waals surface area contributed by atoms with Gasteiger partial charge in [0.2, 0.25) is 0 Å². The second-order valence-corrected chi connectivity index (χ2v) is 3.69. The van der Waals surface area contributed by atoms with E-state index in [1.807, 2.05) is 6.92 Å². The molecule has 0 aliphatic carbocycles. The molecule has 0 aliphatic rings. The number of alkyl halides is 5. The molecule has 13 heavy (non-hydrogen) atoms. The van der Waals surface area contributed by atoms with Gasteiger partial charge in [0.25, 0.3) is 5.13 Å². The summed E-state index contributed by atoms with van der Waals surface area (Å²) in [5, 5.41) is -7.36. The molecule has 0 nitrogen and oxygen atoms in total. The van der Waals surface area contributed by atoms with Gasteiger partial charge >= 0.3 is 5.38 Å². The lowest BCUT2D eigenvalue weighted by atomic mass is 10.2. The summed E-state index contributed by atoms with van der Waals surface area (Å²) in [6.45, 7) is 1.94. The molecule has 78 valence electrons. The molecule has 0 bridgehead atoms. The number of halogens is 5. The molecule has 0 aromatic carbocycles. The summed E-state index contributed by atoms with van der Waals surface area (Å²) in [4.78, 5) is 0. The smallest absolute Gasteiger partial charge is 0.213 e. The van der Waals surface area contributed by atoms with Gasteiger partial charge in [0.15, 0.2) is 0 Å². The van der Waals surface area contributed by atoms with Crippen LogP contribution in [0.2, 0.25) is 0 Å². The first-order valence-corrected chi connectivity index (χ1v) is 4.69. The third-order valence-corrected chi connectivity index (χ3v) is 2.16. The standard InChI is InChI=1S/C8H11Cl2F3/c1-2-3-4-5-6-7(9,11)8(10,12)13/h5-6H,2-4H2,1H3/b6-5+/t7-/m1/s1. The molecule has 0 saturated heterocycles. The van der Waals surface area contributed by atoms with Crippen LogP contribution in [0, 0.1) is 0 Å². The lowest BCUT2D eigenvalue weighted by Gasteiger charge is -2.18. The molecule has 0 aromatic heterocycles. The molecule has 5 heteroatoms. The van der Waals surface area contributed by atoms with Gasteiger partial charge in [0.1, 0.15) is 0 Å². The van der Waals surface area contributed by atoms with Crippen molar-refractivity contribution in [3.8, 4) is 0 Å². The molecule has 0 fully saturated rings. The average Bonchev–Trinajstić information content (AvgIpc) is 1.96. The zero-order valence-electron chi connectivity index (χ0n) is 7.17. The van der Waals surface area contributed by atoms with E-state index in [0.29, 0.717) is 12.5 Å². The summed E-state index contributed by atoms with van der Waals surface area (Å²) in [6, 6.07) is 0. The minimum atomic E-state index is -4.07. The predicted octanol–water partition coefficient (Wildman–Crippen LogP) is 4.47. The lowest BCUT2D eigenvalue weighted by molar-refractivity contribution is 0.00616. The molecule has 0 aliphatic heterocycles. The third-order valence-electron chi connectivity index (χ3n) is 1.43. The summed E-state index contributed by atoms with van der Waals surface area (Å²) < 4.78 is 37.3. The lowest BCUT2D eigenvalue weighted by Crippen LogP contribution is -2.31. The minimum absolute atomic E-state index is 0.516. The van der Waals surface area contributed by atoms with Crippen LogP contribution in [-0.2, 0) is 0 Å². The maximum absolute atomic E-state index is 12.8. The average molecular weight is 235 g/mol. The molecule has 0 saturated carbocycles. The quantitative estimate of drug-likeness (QED) is 0.374. The molecule has 0 heterocycles. The molecule has 0 amide bonds. The number of hydrogen-bond acceptors (Lipinski definition) is 0. The third kappa shape index (κ3) is 4.77. The maximum atomic E-state index is 12.8. The van der Waals surface area contributed by atoms with Crippen molar-refractivity contribution in [3.05, 3.63) is 12.2 Å². The summed E-state index contributed by atoms with van der Waals surface area (Å²) >= 11 is 9.30. The summed E-state index contributed by atoms with van der Waals surface area (Å²) in [7, 11) is 0. The fourth-order valence-corrected chi connectivity index (χ4v) is 0.800. The molecule has 0 spiro atoms. The Morgan fingerprint density at radius 1 is 1.23 bits per heavy atom. The predicted molar refractivity (Wildman–Crippen MR) is 49.2 cm³/mol. The fraction of sp³-hybridized carbons (Fsp3) is 0.750. The molecule has 1 atom stereocenters. The van der Waals surface area contributed by atoms with Crippen LogP contribution in [0.15, 0.2) is 12.2 Å². The van der Waals surface area contributed by atoms with E-state index in [4.69, 9.17) is 11.6 Å². The Labute approximate surface area is 85.7 Å². The van der Waals surface area contributed by atoms with Crippen molar-refractivity contribution >= 4 is 23.2 Å². The Kier molecular flexibility index (Phi) is 5.15. The Morgan fingerprint density at radius 2 is 1.77 bits per heavy atom. The second-order valence-electron chi connectivity index (χ2n) is 2.67. The SMILES string of the molecule is CCCC/C=C/[C@](F)(Cl)C(F)(F)Cl. The summed E-state index contributed by atoms with van der Waals surface area (Å²) in [5.41, 5.74) is 0. The number of unbranched alkanes of at least 4 members (excludes halogenated alkanes) is 2. The van der Waals surface area contributed by atoms with Crippen LogP contribution in [0.1, 0.15) is 26.2 Å². The molecule has 0 N–H and O–H groups in total. The van der Waals surface area contributed by atoms with Gasteiger partial charge in [-0.1, -0.05) is 37.4 Å². The Bertz CT molecular complexity index is 173. The Morgan fingerprint density at radius 3 is 2.15 bits per heavy atom. The van der Waals surface area contributed by atoms with Gasteiger partial charge in [-0.05, 0) is 24.1 Å². The van der Waals surface area contributed by atoms with Crippen LogP contribution < -0.4 is 0 Å². The molecule has 0 unspecified atom stereocenters. The van der Waals surface area contributed by atoms with Gasteiger partial charge in [0.05, 0.1) is 0 Å². The van der Waals surface area contributed by atoms with Crippen LogP contribution in [0.25, 0.3) is 0 Å². The first kappa shape index (κ1) is 13.1. The van der Waals surface area contributed by atoms with Crippen LogP contribution in [0.5, 0.6) is 0 Å². The molecular weight excluding hydrogens is 224 g/mol. The highest BCUT2D eigenvalue weighted by molar-refractivity contribution is 6.33. The highest BCUT2D eigenvalue weighted by atomic mass is 35.5. The van der Waals surface area contributed by atoms with Crippen molar-refractivity contribution < 1.29 is 13.2 Å². The van der Waals surface area contributed by atoms with Crippen molar-refractivity contribution in [2.75, 3.05) is 0 Å². The van der Waals surface area contributed by atoms with Crippen molar-refractivity contribution in [2.24, 2.45) is 0 Å². The minimum Gasteiger partial charge on any atom is -0.213 e. The first-order valence-electron chi connectivity index (χ1n) is 3.93. The van der Waals surface area contributed by atoms with Gasteiger partial charge in [-0.2, -0.15) is 8.78 Å². The van der Waals surface area contributed by atoms with Gasteiger partial charge in [-0.25, -0.2) is 4.39 Å². The van der Waals surface area contributed by atoms with E-state index in [1.54, 1.807) is 0 Å². The first-order chi connectivity index (χ1) is 5.81. The zero-order valence-corrected chi connectivity index (χ0v) is 8.68. The van der Waals surface area contributed by atoms with E-state index < -0.39 is 10.5 Å². The largest absolute Gasteiger partial charge is 0.372 e. The molecule has 0 rings (SSSR count). The van der Waals surface area contributed by atoms with E-state index in [2.05, 4.69) is 11.6 Å². The summed E-state index contributed by atoms with van der Waals surface area (Å²) in [5.74, 6) is 0. The highest BCUT2D eigenvalue weighted by Crippen LogP contribution is 2.40. The number of hydrogen-bond donors (Lipinski definition) is 0. The Hall–Kier alpha value is 0.110. The van der Waals surface area contributed by atoms with Crippen LogP contribution in [-0.4, -0.2) is 10.5 Å². The molecular formula is C8H11Cl2F3. The second kappa shape index (κ2) is 5.11. The Balaban J connectivity index is 4.09. The van der Waals surface area contributed by atoms with Gasteiger partial charge in [0, 0.05) is 0 Å². The normalized spacial score (nSPS) is 17.7. The van der Waals surface area contributed by atoms with Crippen LogP contribution in [0.3, 0.4) is 0 Å². The van der Waals surface area contributed by atoms with E-state index in [0.717, 1.165) is 12.8 Å².